The number of nitrogens with zero attached hydrogens (tertiary/aromatic N) is 1. The van der Waals surface area contributed by atoms with Crippen molar-refractivity contribution in [2.75, 3.05) is 12.8 Å². The Bertz CT molecular complexity index is 477. The van der Waals surface area contributed by atoms with Crippen molar-refractivity contribution in [3.63, 3.8) is 0 Å². The summed E-state index contributed by atoms with van der Waals surface area (Å²) in [6.07, 6.45) is 0. The van der Waals surface area contributed by atoms with Crippen molar-refractivity contribution in [3.05, 3.63) is 23.3 Å². The number of nitrogen functional groups attached to an aromatic ring is 1. The number of hydrogen-bond acceptors (Lipinski definition) is 4. The fourth-order valence-electron chi connectivity index (χ4n) is 2.06. The van der Waals surface area contributed by atoms with Gasteiger partial charge < -0.3 is 20.5 Å². The second-order valence-corrected chi connectivity index (χ2v) is 4.60. The zero-order valence-electron chi connectivity index (χ0n) is 10.2. The maximum Gasteiger partial charge on any atom is 0.256 e. The quantitative estimate of drug-likeness (QED) is 0.750. The van der Waals surface area contributed by atoms with Gasteiger partial charge in [-0.2, -0.15) is 0 Å². The molecule has 0 unspecified atom stereocenters. The standard InChI is InChI=1S/C12H16N2O3/c1-12(2,16)14-6-8-7(11(14)15)4-5-9(13)10(8)17-3/h4-5,16H,6,13H2,1-3H3. The van der Waals surface area contributed by atoms with Gasteiger partial charge in [0.15, 0.2) is 0 Å². The summed E-state index contributed by atoms with van der Waals surface area (Å²) in [6.45, 7) is 3.46. The second-order valence-electron chi connectivity index (χ2n) is 4.60. The molecule has 2 rings (SSSR count). The third-order valence-electron chi connectivity index (χ3n) is 2.95. The van der Waals surface area contributed by atoms with E-state index < -0.39 is 5.72 Å². The molecule has 5 heteroatoms. The van der Waals surface area contributed by atoms with E-state index in [2.05, 4.69) is 0 Å². The molecule has 1 aliphatic rings. The van der Waals surface area contributed by atoms with Gasteiger partial charge in [0, 0.05) is 11.1 Å². The van der Waals surface area contributed by atoms with E-state index in [-0.39, 0.29) is 5.91 Å². The highest BCUT2D eigenvalue weighted by atomic mass is 16.5. The van der Waals surface area contributed by atoms with E-state index in [1.807, 2.05) is 0 Å². The lowest BCUT2D eigenvalue weighted by Gasteiger charge is -2.29. The zero-order chi connectivity index (χ0) is 12.8. The van der Waals surface area contributed by atoms with Gasteiger partial charge in [-0.05, 0) is 26.0 Å². The van der Waals surface area contributed by atoms with Gasteiger partial charge in [-0.15, -0.1) is 0 Å². The lowest BCUT2D eigenvalue weighted by molar-refractivity contribution is -0.0584. The van der Waals surface area contributed by atoms with Crippen LogP contribution < -0.4 is 10.5 Å². The number of amides is 1. The Morgan fingerprint density at radius 2 is 2.12 bits per heavy atom. The molecule has 0 aromatic heterocycles. The Morgan fingerprint density at radius 3 is 2.65 bits per heavy atom. The number of carbonyl (C=O) groups excluding carboxylic acids is 1. The van der Waals surface area contributed by atoms with Crippen LogP contribution in [0, 0.1) is 0 Å². The minimum atomic E-state index is -1.20. The normalized spacial score (nSPS) is 15.1. The summed E-state index contributed by atoms with van der Waals surface area (Å²) in [5, 5.41) is 9.93. The molecule has 1 amide bonds. The molecular weight excluding hydrogens is 220 g/mol. The van der Waals surface area contributed by atoms with Crippen molar-refractivity contribution >= 4 is 11.6 Å². The van der Waals surface area contributed by atoms with Crippen molar-refractivity contribution in [3.8, 4) is 5.75 Å². The molecule has 1 aliphatic heterocycles. The SMILES string of the molecule is COc1c(N)ccc2c1CN(C(C)(C)O)C2=O. The molecule has 0 saturated carbocycles. The fraction of sp³-hybridized carbons (Fsp3) is 0.417. The minimum Gasteiger partial charge on any atom is -0.494 e. The number of carbonyl (C=O) groups is 1. The number of anilines is 1. The number of benzene rings is 1. The maximum absolute atomic E-state index is 12.1. The number of aliphatic hydroxyl groups is 1. The van der Waals surface area contributed by atoms with E-state index in [9.17, 15) is 9.90 Å². The fourth-order valence-corrected chi connectivity index (χ4v) is 2.06. The summed E-state index contributed by atoms with van der Waals surface area (Å²) >= 11 is 0. The Morgan fingerprint density at radius 1 is 1.47 bits per heavy atom. The summed E-state index contributed by atoms with van der Waals surface area (Å²) in [7, 11) is 1.52. The van der Waals surface area contributed by atoms with E-state index in [0.29, 0.717) is 23.5 Å². The molecule has 3 N–H and O–H groups in total. The molecule has 0 atom stereocenters. The molecule has 0 bridgehead atoms. The van der Waals surface area contributed by atoms with Crippen LogP contribution in [0.4, 0.5) is 5.69 Å². The van der Waals surface area contributed by atoms with Crippen LogP contribution in [-0.4, -0.2) is 28.7 Å². The van der Waals surface area contributed by atoms with Crippen molar-refractivity contribution in [1.29, 1.82) is 0 Å². The third-order valence-corrected chi connectivity index (χ3v) is 2.95. The predicted octanol–water partition coefficient (Wildman–Crippen LogP) is 0.962. The summed E-state index contributed by atoms with van der Waals surface area (Å²) in [5.41, 5.74) is 6.36. The molecule has 0 saturated heterocycles. The van der Waals surface area contributed by atoms with Crippen LogP contribution in [0.5, 0.6) is 5.75 Å². The van der Waals surface area contributed by atoms with Gasteiger partial charge in [0.1, 0.15) is 11.5 Å². The van der Waals surface area contributed by atoms with Gasteiger partial charge in [-0.1, -0.05) is 0 Å². The maximum atomic E-state index is 12.1. The molecule has 1 heterocycles. The summed E-state index contributed by atoms with van der Waals surface area (Å²) in [5.74, 6) is 0.313. The topological polar surface area (TPSA) is 75.8 Å². The highest BCUT2D eigenvalue weighted by Gasteiger charge is 2.38. The Labute approximate surface area is 99.8 Å². The van der Waals surface area contributed by atoms with Crippen LogP contribution >= 0.6 is 0 Å². The van der Waals surface area contributed by atoms with Gasteiger partial charge in [0.05, 0.1) is 19.3 Å². The number of methoxy groups -OCH3 is 1. The van der Waals surface area contributed by atoms with Crippen LogP contribution in [0.1, 0.15) is 29.8 Å². The molecule has 0 radical (unpaired) electrons. The highest BCUT2D eigenvalue weighted by Crippen LogP contribution is 2.37. The Kier molecular flexibility index (Phi) is 2.50. The summed E-state index contributed by atoms with van der Waals surface area (Å²) in [6, 6.07) is 3.31. The molecule has 92 valence electrons. The predicted molar refractivity (Wildman–Crippen MR) is 63.6 cm³/mol. The summed E-state index contributed by atoms with van der Waals surface area (Å²) < 4.78 is 5.21. The van der Waals surface area contributed by atoms with Crippen LogP contribution in [0.15, 0.2) is 12.1 Å². The van der Waals surface area contributed by atoms with Crippen molar-refractivity contribution in [1.82, 2.24) is 4.90 Å². The molecule has 5 nitrogen and oxygen atoms in total. The molecule has 0 fully saturated rings. The van der Waals surface area contributed by atoms with E-state index in [1.54, 1.807) is 26.0 Å². The van der Waals surface area contributed by atoms with Crippen LogP contribution in [0.25, 0.3) is 0 Å². The largest absolute Gasteiger partial charge is 0.494 e. The molecule has 0 aliphatic carbocycles. The average molecular weight is 236 g/mol. The van der Waals surface area contributed by atoms with Gasteiger partial charge in [-0.25, -0.2) is 0 Å². The summed E-state index contributed by atoms with van der Waals surface area (Å²) in [4.78, 5) is 13.5. The number of hydrogen-bond donors (Lipinski definition) is 2. The third kappa shape index (κ3) is 1.72. The lowest BCUT2D eigenvalue weighted by Crippen LogP contribution is -2.43. The number of fused-ring (bicyclic) bond motifs is 1. The first-order chi connectivity index (χ1) is 7.86. The second kappa shape index (κ2) is 3.63. The Hall–Kier alpha value is -1.75. The van der Waals surface area contributed by atoms with Crippen molar-refractivity contribution in [2.45, 2.75) is 26.1 Å². The molecule has 17 heavy (non-hydrogen) atoms. The zero-order valence-corrected chi connectivity index (χ0v) is 10.2. The van der Waals surface area contributed by atoms with E-state index in [4.69, 9.17) is 10.5 Å². The van der Waals surface area contributed by atoms with E-state index in [0.717, 1.165) is 5.56 Å². The number of ether oxygens (including phenoxy) is 1. The highest BCUT2D eigenvalue weighted by molar-refractivity contribution is 6.00. The van der Waals surface area contributed by atoms with Crippen LogP contribution in [0.2, 0.25) is 0 Å². The molecule has 1 aromatic rings. The van der Waals surface area contributed by atoms with Gasteiger partial charge in [-0.3, -0.25) is 4.79 Å². The minimum absolute atomic E-state index is 0.203. The first-order valence-electron chi connectivity index (χ1n) is 5.36. The number of nitrogens with two attached hydrogens (primary N) is 1. The smallest absolute Gasteiger partial charge is 0.256 e. The average Bonchev–Trinajstić information content (AvgIpc) is 2.56. The monoisotopic (exact) mass is 236 g/mol. The molecular formula is C12H16N2O3. The lowest BCUT2D eigenvalue weighted by atomic mass is 10.1. The van der Waals surface area contributed by atoms with Crippen molar-refractivity contribution < 1.29 is 14.6 Å². The van der Waals surface area contributed by atoms with Gasteiger partial charge in [0.25, 0.3) is 5.91 Å². The first kappa shape index (κ1) is 11.7. The molecule has 1 aromatic carbocycles. The van der Waals surface area contributed by atoms with Crippen LogP contribution in [-0.2, 0) is 6.54 Å². The van der Waals surface area contributed by atoms with Crippen molar-refractivity contribution in [2.24, 2.45) is 0 Å². The molecule has 0 spiro atoms. The van der Waals surface area contributed by atoms with E-state index >= 15 is 0 Å². The van der Waals surface area contributed by atoms with Gasteiger partial charge >= 0.3 is 0 Å². The van der Waals surface area contributed by atoms with Crippen LogP contribution in [0.3, 0.4) is 0 Å². The Balaban J connectivity index is 2.52. The first-order valence-corrected chi connectivity index (χ1v) is 5.36. The van der Waals surface area contributed by atoms with Gasteiger partial charge in [0.2, 0.25) is 0 Å². The van der Waals surface area contributed by atoms with E-state index in [1.165, 1.54) is 12.0 Å². The number of rotatable bonds is 2.